The van der Waals surface area contributed by atoms with Crippen LogP contribution in [-0.4, -0.2) is 36.7 Å². The van der Waals surface area contributed by atoms with Crippen molar-refractivity contribution in [1.82, 2.24) is 5.32 Å². The van der Waals surface area contributed by atoms with Gasteiger partial charge in [-0.25, -0.2) is 0 Å². The first-order valence-electron chi connectivity index (χ1n) is 6.37. The summed E-state index contributed by atoms with van der Waals surface area (Å²) in [5.41, 5.74) is 0. The molecule has 1 aliphatic rings. The lowest BCUT2D eigenvalue weighted by atomic mass is 9.80. The number of amides is 1. The molecule has 0 atom stereocenters. The van der Waals surface area contributed by atoms with E-state index in [-0.39, 0.29) is 24.5 Å². The monoisotopic (exact) mass is 279 g/mol. The van der Waals surface area contributed by atoms with Crippen LogP contribution >= 0.6 is 0 Å². The summed E-state index contributed by atoms with van der Waals surface area (Å²) in [6, 6.07) is 6.93. The van der Waals surface area contributed by atoms with Crippen molar-refractivity contribution in [3.63, 3.8) is 0 Å². The summed E-state index contributed by atoms with van der Waals surface area (Å²) in [5, 5.41) is 11.5. The summed E-state index contributed by atoms with van der Waals surface area (Å²) in [7, 11) is 1.56. The van der Waals surface area contributed by atoms with Crippen molar-refractivity contribution in [1.29, 1.82) is 0 Å². The Morgan fingerprint density at radius 1 is 1.35 bits per heavy atom. The molecule has 1 fully saturated rings. The van der Waals surface area contributed by atoms with Crippen molar-refractivity contribution in [2.75, 3.05) is 13.7 Å². The van der Waals surface area contributed by atoms with E-state index in [1.165, 1.54) is 0 Å². The number of aliphatic carboxylic acids is 1. The van der Waals surface area contributed by atoms with Gasteiger partial charge in [0.1, 0.15) is 11.5 Å². The number of hydrogen-bond donors (Lipinski definition) is 2. The van der Waals surface area contributed by atoms with Gasteiger partial charge in [0.2, 0.25) is 0 Å². The van der Waals surface area contributed by atoms with Gasteiger partial charge in [0.15, 0.2) is 6.61 Å². The van der Waals surface area contributed by atoms with Crippen LogP contribution in [0.5, 0.6) is 11.5 Å². The third-order valence-electron chi connectivity index (χ3n) is 3.26. The van der Waals surface area contributed by atoms with E-state index in [0.717, 1.165) is 0 Å². The number of benzene rings is 1. The van der Waals surface area contributed by atoms with Crippen LogP contribution in [0.1, 0.15) is 12.8 Å². The predicted molar refractivity (Wildman–Crippen MR) is 70.8 cm³/mol. The molecule has 0 aliphatic heterocycles. The molecule has 20 heavy (non-hydrogen) atoms. The maximum absolute atomic E-state index is 11.6. The second-order valence-electron chi connectivity index (χ2n) is 4.74. The highest BCUT2D eigenvalue weighted by atomic mass is 16.5. The number of nitrogens with one attached hydrogen (secondary N) is 1. The average molecular weight is 279 g/mol. The molecule has 0 aromatic heterocycles. The fraction of sp³-hybridized carbons (Fsp3) is 0.429. The number of carbonyl (C=O) groups excluding carboxylic acids is 1. The van der Waals surface area contributed by atoms with Gasteiger partial charge in [0.25, 0.3) is 5.91 Å². The highest BCUT2D eigenvalue weighted by Gasteiger charge is 2.35. The summed E-state index contributed by atoms with van der Waals surface area (Å²) in [6.45, 7) is -0.0958. The molecule has 0 saturated heterocycles. The van der Waals surface area contributed by atoms with Crippen molar-refractivity contribution in [3.8, 4) is 11.5 Å². The molecule has 2 N–H and O–H groups in total. The molecule has 0 spiro atoms. The van der Waals surface area contributed by atoms with Crippen LogP contribution < -0.4 is 14.8 Å². The number of ether oxygens (including phenoxy) is 2. The van der Waals surface area contributed by atoms with Crippen molar-refractivity contribution in [3.05, 3.63) is 24.3 Å². The van der Waals surface area contributed by atoms with Gasteiger partial charge in [-0.3, -0.25) is 9.59 Å². The van der Waals surface area contributed by atoms with E-state index in [4.69, 9.17) is 14.6 Å². The molecule has 1 amide bonds. The van der Waals surface area contributed by atoms with Crippen molar-refractivity contribution in [2.24, 2.45) is 5.92 Å². The Morgan fingerprint density at radius 2 is 2.05 bits per heavy atom. The first-order chi connectivity index (χ1) is 9.58. The molecule has 6 heteroatoms. The summed E-state index contributed by atoms with van der Waals surface area (Å²) < 4.78 is 10.4. The van der Waals surface area contributed by atoms with Gasteiger partial charge in [0, 0.05) is 12.1 Å². The predicted octanol–water partition coefficient (Wildman–Crippen LogP) is 1.05. The molecular weight excluding hydrogens is 262 g/mol. The molecule has 108 valence electrons. The van der Waals surface area contributed by atoms with Crippen molar-refractivity contribution in [2.45, 2.75) is 18.9 Å². The number of hydrogen-bond acceptors (Lipinski definition) is 4. The molecule has 1 saturated carbocycles. The van der Waals surface area contributed by atoms with Crippen LogP contribution in [0.25, 0.3) is 0 Å². The van der Waals surface area contributed by atoms with E-state index in [9.17, 15) is 9.59 Å². The van der Waals surface area contributed by atoms with Gasteiger partial charge in [-0.1, -0.05) is 6.07 Å². The van der Waals surface area contributed by atoms with Crippen LogP contribution in [-0.2, 0) is 9.59 Å². The average Bonchev–Trinajstić information content (AvgIpc) is 2.40. The topological polar surface area (TPSA) is 84.9 Å². The summed E-state index contributed by atoms with van der Waals surface area (Å²) in [6.07, 6.45) is 0.973. The van der Waals surface area contributed by atoms with Crippen LogP contribution in [0.3, 0.4) is 0 Å². The molecule has 0 radical (unpaired) electrons. The maximum atomic E-state index is 11.6. The Kier molecular flexibility index (Phi) is 4.45. The zero-order valence-electron chi connectivity index (χ0n) is 11.2. The van der Waals surface area contributed by atoms with Gasteiger partial charge < -0.3 is 19.9 Å². The molecule has 0 heterocycles. The van der Waals surface area contributed by atoms with Crippen molar-refractivity contribution < 1.29 is 24.2 Å². The van der Waals surface area contributed by atoms with Gasteiger partial charge >= 0.3 is 5.97 Å². The molecule has 0 unspecified atom stereocenters. The number of carbonyl (C=O) groups is 2. The number of carboxylic acid groups (broad SMARTS) is 1. The third kappa shape index (κ3) is 3.63. The fourth-order valence-corrected chi connectivity index (χ4v) is 2.05. The number of methoxy groups -OCH3 is 1. The number of carboxylic acids is 1. The van der Waals surface area contributed by atoms with Crippen LogP contribution in [0.2, 0.25) is 0 Å². The van der Waals surface area contributed by atoms with E-state index in [0.29, 0.717) is 24.3 Å². The van der Waals surface area contributed by atoms with E-state index in [1.54, 1.807) is 31.4 Å². The summed E-state index contributed by atoms with van der Waals surface area (Å²) in [4.78, 5) is 22.3. The highest BCUT2D eigenvalue weighted by Crippen LogP contribution is 2.27. The Hall–Kier alpha value is -2.24. The fourth-order valence-electron chi connectivity index (χ4n) is 2.05. The largest absolute Gasteiger partial charge is 0.497 e. The zero-order chi connectivity index (χ0) is 14.5. The van der Waals surface area contributed by atoms with Crippen LogP contribution in [0, 0.1) is 5.92 Å². The van der Waals surface area contributed by atoms with E-state index < -0.39 is 5.97 Å². The van der Waals surface area contributed by atoms with Crippen LogP contribution in [0.4, 0.5) is 0 Å². The Labute approximate surface area is 116 Å². The minimum atomic E-state index is -0.803. The second kappa shape index (κ2) is 6.27. The Morgan fingerprint density at radius 3 is 2.70 bits per heavy atom. The third-order valence-corrected chi connectivity index (χ3v) is 3.26. The first-order valence-corrected chi connectivity index (χ1v) is 6.37. The minimum Gasteiger partial charge on any atom is -0.497 e. The van der Waals surface area contributed by atoms with Gasteiger partial charge in [-0.2, -0.15) is 0 Å². The Balaban J connectivity index is 1.71. The van der Waals surface area contributed by atoms with Gasteiger partial charge in [-0.05, 0) is 25.0 Å². The normalized spacial score (nSPS) is 20.6. The molecule has 6 nitrogen and oxygen atoms in total. The Bertz CT molecular complexity index is 496. The molecule has 0 bridgehead atoms. The number of rotatable bonds is 6. The van der Waals surface area contributed by atoms with Crippen LogP contribution in [0.15, 0.2) is 24.3 Å². The molecule has 2 rings (SSSR count). The molecule has 1 aliphatic carbocycles. The highest BCUT2D eigenvalue weighted by molar-refractivity contribution is 5.78. The molecule has 1 aromatic carbocycles. The summed E-state index contributed by atoms with van der Waals surface area (Å²) >= 11 is 0. The first kappa shape index (κ1) is 14.2. The maximum Gasteiger partial charge on any atom is 0.306 e. The van der Waals surface area contributed by atoms with E-state index in [1.807, 2.05) is 0 Å². The lowest BCUT2D eigenvalue weighted by Gasteiger charge is -2.32. The second-order valence-corrected chi connectivity index (χ2v) is 4.74. The van der Waals surface area contributed by atoms with E-state index >= 15 is 0 Å². The summed E-state index contributed by atoms with van der Waals surface area (Å²) in [5.74, 6) is -0.174. The molecule has 1 aromatic rings. The standard InChI is InChI=1S/C14H17NO5/c1-19-11-3-2-4-12(7-11)20-8-13(16)15-10-5-9(6-10)14(17)18/h2-4,7,9-10H,5-6,8H2,1H3,(H,15,16)(H,17,18). The quantitative estimate of drug-likeness (QED) is 0.813. The van der Waals surface area contributed by atoms with Gasteiger partial charge in [-0.15, -0.1) is 0 Å². The van der Waals surface area contributed by atoms with Gasteiger partial charge in [0.05, 0.1) is 13.0 Å². The smallest absolute Gasteiger partial charge is 0.306 e. The minimum absolute atomic E-state index is 0.0579. The lowest BCUT2D eigenvalue weighted by Crippen LogP contribution is -2.48. The SMILES string of the molecule is COc1cccc(OCC(=O)NC2CC(C(=O)O)C2)c1. The van der Waals surface area contributed by atoms with E-state index in [2.05, 4.69) is 5.32 Å². The lowest BCUT2D eigenvalue weighted by molar-refractivity contribution is -0.146. The van der Waals surface area contributed by atoms with Crippen molar-refractivity contribution >= 4 is 11.9 Å². The molecular formula is C14H17NO5. The zero-order valence-corrected chi connectivity index (χ0v) is 11.2.